The third-order valence-corrected chi connectivity index (χ3v) is 2.18. The van der Waals surface area contributed by atoms with Crippen molar-refractivity contribution in [1.29, 1.82) is 0 Å². The summed E-state index contributed by atoms with van der Waals surface area (Å²) in [6.07, 6.45) is 0. The number of benzene rings is 1. The van der Waals surface area contributed by atoms with Crippen LogP contribution < -0.4 is 5.32 Å². The van der Waals surface area contributed by atoms with Gasteiger partial charge in [0.15, 0.2) is 0 Å². The molecule has 1 aromatic carbocycles. The van der Waals surface area contributed by atoms with Crippen LogP contribution in [-0.2, 0) is 9.53 Å². The van der Waals surface area contributed by atoms with E-state index in [2.05, 4.69) is 5.32 Å². The summed E-state index contributed by atoms with van der Waals surface area (Å²) in [7, 11) is 1.46. The zero-order chi connectivity index (χ0) is 11.4. The van der Waals surface area contributed by atoms with Gasteiger partial charge in [0.2, 0.25) is 5.91 Å². The highest BCUT2D eigenvalue weighted by molar-refractivity contribution is 5.92. The van der Waals surface area contributed by atoms with Gasteiger partial charge in [-0.05, 0) is 25.5 Å². The second-order valence-corrected chi connectivity index (χ2v) is 3.38. The van der Waals surface area contributed by atoms with E-state index in [-0.39, 0.29) is 18.3 Å². The van der Waals surface area contributed by atoms with E-state index >= 15 is 0 Å². The molecule has 1 aromatic rings. The Morgan fingerprint density at radius 1 is 1.47 bits per heavy atom. The van der Waals surface area contributed by atoms with Crippen molar-refractivity contribution in [2.75, 3.05) is 19.0 Å². The molecule has 0 aliphatic rings. The lowest BCUT2D eigenvalue weighted by Gasteiger charge is -2.10. The Morgan fingerprint density at radius 2 is 2.13 bits per heavy atom. The summed E-state index contributed by atoms with van der Waals surface area (Å²) in [5.41, 5.74) is 2.07. The molecule has 0 bridgehead atoms. The lowest BCUT2D eigenvalue weighted by atomic mass is 10.1. The van der Waals surface area contributed by atoms with Crippen LogP contribution in [0.15, 0.2) is 12.1 Å². The first-order chi connectivity index (χ1) is 7.06. The number of carbonyl (C=O) groups is 1. The number of ether oxygens (including phenoxy) is 1. The predicted molar refractivity (Wildman–Crippen MR) is 58.1 cm³/mol. The Morgan fingerprint density at radius 3 is 2.73 bits per heavy atom. The van der Waals surface area contributed by atoms with Gasteiger partial charge in [0.05, 0.1) is 0 Å². The molecule has 0 fully saturated rings. The molecule has 1 rings (SSSR count). The first kappa shape index (κ1) is 11.5. The average molecular weight is 209 g/mol. The van der Waals surface area contributed by atoms with Gasteiger partial charge in [-0.3, -0.25) is 4.79 Å². The molecule has 0 saturated carbocycles. The van der Waals surface area contributed by atoms with E-state index in [1.165, 1.54) is 7.11 Å². The van der Waals surface area contributed by atoms with E-state index < -0.39 is 0 Å². The van der Waals surface area contributed by atoms with Crippen LogP contribution in [-0.4, -0.2) is 24.7 Å². The Labute approximate surface area is 88.9 Å². The van der Waals surface area contributed by atoms with Crippen molar-refractivity contribution in [3.8, 4) is 5.75 Å². The third-order valence-electron chi connectivity index (χ3n) is 2.18. The number of rotatable bonds is 3. The first-order valence-electron chi connectivity index (χ1n) is 4.64. The molecule has 2 N–H and O–H groups in total. The Hall–Kier alpha value is -1.55. The molecular weight excluding hydrogens is 194 g/mol. The molecule has 0 atom stereocenters. The van der Waals surface area contributed by atoms with E-state index in [0.717, 1.165) is 5.56 Å². The van der Waals surface area contributed by atoms with Crippen molar-refractivity contribution in [3.05, 3.63) is 23.3 Å². The Kier molecular flexibility index (Phi) is 3.68. The van der Waals surface area contributed by atoms with Crippen LogP contribution in [0.4, 0.5) is 5.69 Å². The largest absolute Gasteiger partial charge is 0.507 e. The van der Waals surface area contributed by atoms with E-state index in [4.69, 9.17) is 4.74 Å². The van der Waals surface area contributed by atoms with Gasteiger partial charge in [-0.1, -0.05) is 6.07 Å². The molecule has 4 heteroatoms. The summed E-state index contributed by atoms with van der Waals surface area (Å²) in [6.45, 7) is 3.57. The molecule has 0 radical (unpaired) electrons. The zero-order valence-electron chi connectivity index (χ0n) is 9.13. The minimum Gasteiger partial charge on any atom is -0.507 e. The zero-order valence-corrected chi connectivity index (χ0v) is 9.13. The number of hydrogen-bond acceptors (Lipinski definition) is 3. The minimum atomic E-state index is -0.233. The van der Waals surface area contributed by atoms with Gasteiger partial charge in [-0.15, -0.1) is 0 Å². The predicted octanol–water partition coefficient (Wildman–Crippen LogP) is 1.59. The Bertz CT molecular complexity index is 374. The second-order valence-electron chi connectivity index (χ2n) is 3.38. The van der Waals surface area contributed by atoms with Gasteiger partial charge < -0.3 is 15.2 Å². The normalized spacial score (nSPS) is 10.1. The lowest BCUT2D eigenvalue weighted by molar-refractivity contribution is -0.119. The average Bonchev–Trinajstić information content (AvgIpc) is 2.20. The van der Waals surface area contributed by atoms with E-state index in [1.54, 1.807) is 19.1 Å². The number of nitrogens with one attached hydrogen (secondary N) is 1. The second kappa shape index (κ2) is 4.79. The fourth-order valence-corrected chi connectivity index (χ4v) is 1.29. The number of aryl methyl sites for hydroxylation is 1. The summed E-state index contributed by atoms with van der Waals surface area (Å²) in [6, 6.07) is 3.52. The van der Waals surface area contributed by atoms with E-state index in [1.807, 2.05) is 6.92 Å². The molecule has 0 aromatic heterocycles. The molecule has 0 aliphatic heterocycles. The van der Waals surface area contributed by atoms with E-state index in [9.17, 15) is 9.90 Å². The minimum absolute atomic E-state index is 0.00801. The fraction of sp³-hybridized carbons (Fsp3) is 0.364. The number of methoxy groups -OCH3 is 1. The number of carbonyl (C=O) groups excluding carboxylic acids is 1. The number of amides is 1. The van der Waals surface area contributed by atoms with Crippen LogP contribution in [0, 0.1) is 13.8 Å². The molecule has 0 spiro atoms. The summed E-state index contributed by atoms with van der Waals surface area (Å²) >= 11 is 0. The fourth-order valence-electron chi connectivity index (χ4n) is 1.29. The standard InChI is InChI=1S/C11H15NO3/c1-7-4-5-9(8(2)11(7)14)12-10(13)6-15-3/h4-5,14H,6H2,1-3H3,(H,12,13). The van der Waals surface area contributed by atoms with Crippen molar-refractivity contribution in [1.82, 2.24) is 0 Å². The molecule has 0 unspecified atom stereocenters. The molecule has 4 nitrogen and oxygen atoms in total. The molecule has 15 heavy (non-hydrogen) atoms. The maximum Gasteiger partial charge on any atom is 0.250 e. The molecule has 0 aliphatic carbocycles. The third kappa shape index (κ3) is 2.70. The number of hydrogen-bond donors (Lipinski definition) is 2. The van der Waals surface area contributed by atoms with Crippen molar-refractivity contribution >= 4 is 11.6 Å². The van der Waals surface area contributed by atoms with Crippen LogP contribution in [0.5, 0.6) is 5.75 Å². The van der Waals surface area contributed by atoms with Crippen LogP contribution in [0.2, 0.25) is 0 Å². The van der Waals surface area contributed by atoms with Crippen molar-refractivity contribution < 1.29 is 14.6 Å². The number of phenols is 1. The van der Waals surface area contributed by atoms with Crippen LogP contribution in [0.3, 0.4) is 0 Å². The van der Waals surface area contributed by atoms with Gasteiger partial charge in [-0.2, -0.15) is 0 Å². The first-order valence-corrected chi connectivity index (χ1v) is 4.64. The molecule has 0 heterocycles. The summed E-state index contributed by atoms with van der Waals surface area (Å²) in [5, 5.41) is 12.3. The highest BCUT2D eigenvalue weighted by atomic mass is 16.5. The van der Waals surface area contributed by atoms with Gasteiger partial charge >= 0.3 is 0 Å². The van der Waals surface area contributed by atoms with Gasteiger partial charge in [0, 0.05) is 18.4 Å². The molecule has 0 saturated heterocycles. The topological polar surface area (TPSA) is 58.6 Å². The van der Waals surface area contributed by atoms with Crippen LogP contribution >= 0.6 is 0 Å². The summed E-state index contributed by atoms with van der Waals surface area (Å²) in [5.74, 6) is -0.0194. The molecule has 1 amide bonds. The summed E-state index contributed by atoms with van der Waals surface area (Å²) in [4.78, 5) is 11.2. The SMILES string of the molecule is COCC(=O)Nc1ccc(C)c(O)c1C. The van der Waals surface area contributed by atoms with Crippen molar-refractivity contribution in [2.24, 2.45) is 0 Å². The van der Waals surface area contributed by atoms with Crippen molar-refractivity contribution in [2.45, 2.75) is 13.8 Å². The molecule has 82 valence electrons. The van der Waals surface area contributed by atoms with Crippen LogP contribution in [0.1, 0.15) is 11.1 Å². The molecular formula is C11H15NO3. The highest BCUT2D eigenvalue weighted by Crippen LogP contribution is 2.27. The smallest absolute Gasteiger partial charge is 0.250 e. The van der Waals surface area contributed by atoms with Gasteiger partial charge in [0.25, 0.3) is 0 Å². The number of anilines is 1. The lowest BCUT2D eigenvalue weighted by Crippen LogP contribution is -2.17. The van der Waals surface area contributed by atoms with E-state index in [0.29, 0.717) is 11.3 Å². The van der Waals surface area contributed by atoms with Crippen LogP contribution in [0.25, 0.3) is 0 Å². The van der Waals surface area contributed by atoms with Gasteiger partial charge in [-0.25, -0.2) is 0 Å². The van der Waals surface area contributed by atoms with Gasteiger partial charge in [0.1, 0.15) is 12.4 Å². The number of aromatic hydroxyl groups is 1. The maximum atomic E-state index is 11.2. The van der Waals surface area contributed by atoms with Crippen molar-refractivity contribution in [3.63, 3.8) is 0 Å². The number of phenolic OH excluding ortho intramolecular Hbond substituents is 1. The Balaban J connectivity index is 2.87. The quantitative estimate of drug-likeness (QED) is 0.794. The monoisotopic (exact) mass is 209 g/mol. The summed E-state index contributed by atoms with van der Waals surface area (Å²) < 4.78 is 4.70. The highest BCUT2D eigenvalue weighted by Gasteiger charge is 2.08. The maximum absolute atomic E-state index is 11.2.